The van der Waals surface area contributed by atoms with E-state index in [0.29, 0.717) is 23.8 Å². The van der Waals surface area contributed by atoms with E-state index in [4.69, 9.17) is 10.2 Å². The topological polar surface area (TPSA) is 84.3 Å². The number of hydrogen-bond acceptors (Lipinski definition) is 5. The van der Waals surface area contributed by atoms with Crippen molar-refractivity contribution >= 4 is 22.8 Å². The quantitative estimate of drug-likeness (QED) is 0.739. The predicted octanol–water partition coefficient (Wildman–Crippen LogP) is 2.52. The van der Waals surface area contributed by atoms with E-state index in [1.165, 1.54) is 6.42 Å². The van der Waals surface area contributed by atoms with Crippen LogP contribution in [0.25, 0.3) is 11.1 Å². The van der Waals surface area contributed by atoms with E-state index in [1.807, 2.05) is 6.07 Å². The van der Waals surface area contributed by atoms with Crippen LogP contribution in [-0.4, -0.2) is 22.2 Å². The van der Waals surface area contributed by atoms with Crippen LogP contribution in [0.4, 0.5) is 11.7 Å². The summed E-state index contributed by atoms with van der Waals surface area (Å²) in [4.78, 5) is 4.32. The molecule has 0 spiro atoms. The lowest BCUT2D eigenvalue weighted by molar-refractivity contribution is 0.0163. The van der Waals surface area contributed by atoms with Crippen LogP contribution in [0.1, 0.15) is 32.1 Å². The molecule has 0 saturated heterocycles. The van der Waals surface area contributed by atoms with Crippen LogP contribution >= 0.6 is 0 Å². The smallest absolute Gasteiger partial charge is 0.295 e. The van der Waals surface area contributed by atoms with Crippen molar-refractivity contribution in [3.8, 4) is 0 Å². The Kier molecular flexibility index (Phi) is 3.06. The van der Waals surface area contributed by atoms with E-state index in [0.717, 1.165) is 31.2 Å². The molecule has 102 valence electrons. The average Bonchev–Trinajstić information content (AvgIpc) is 2.79. The van der Waals surface area contributed by atoms with E-state index in [9.17, 15) is 5.11 Å². The Morgan fingerprint density at radius 3 is 2.89 bits per heavy atom. The van der Waals surface area contributed by atoms with Gasteiger partial charge in [-0.05, 0) is 25.0 Å². The molecule has 1 aromatic heterocycles. The van der Waals surface area contributed by atoms with Crippen molar-refractivity contribution in [2.75, 3.05) is 17.6 Å². The second kappa shape index (κ2) is 4.74. The van der Waals surface area contributed by atoms with Crippen molar-refractivity contribution in [2.24, 2.45) is 0 Å². The Bertz CT molecular complexity index is 573. The second-order valence-corrected chi connectivity index (χ2v) is 5.38. The molecule has 0 bridgehead atoms. The van der Waals surface area contributed by atoms with Gasteiger partial charge in [0.1, 0.15) is 5.52 Å². The Morgan fingerprint density at radius 1 is 1.32 bits per heavy atom. The summed E-state index contributed by atoms with van der Waals surface area (Å²) in [6, 6.07) is 5.82. The third-order valence-electron chi connectivity index (χ3n) is 3.77. The predicted molar refractivity (Wildman–Crippen MR) is 74.9 cm³/mol. The summed E-state index contributed by atoms with van der Waals surface area (Å²) < 4.78 is 5.57. The zero-order valence-electron chi connectivity index (χ0n) is 10.9. The SMILES string of the molecule is Nc1ccc2nc(NCC3(O)CCCCC3)oc2c1. The average molecular weight is 261 g/mol. The number of nitrogens with zero attached hydrogens (tertiary/aromatic N) is 1. The molecule has 0 atom stereocenters. The zero-order valence-corrected chi connectivity index (χ0v) is 10.9. The third-order valence-corrected chi connectivity index (χ3v) is 3.77. The minimum atomic E-state index is -0.627. The maximum Gasteiger partial charge on any atom is 0.295 e. The van der Waals surface area contributed by atoms with Crippen molar-refractivity contribution in [2.45, 2.75) is 37.7 Å². The Morgan fingerprint density at radius 2 is 2.11 bits per heavy atom. The van der Waals surface area contributed by atoms with Gasteiger partial charge in [0.15, 0.2) is 5.58 Å². The summed E-state index contributed by atoms with van der Waals surface area (Å²) in [6.45, 7) is 0.481. The standard InChI is InChI=1S/C14H19N3O2/c15-10-4-5-11-12(8-10)19-13(17-11)16-9-14(18)6-2-1-3-7-14/h4-5,8,18H,1-3,6-7,9,15H2,(H,16,17). The first-order valence-corrected chi connectivity index (χ1v) is 6.77. The molecule has 0 amide bonds. The fraction of sp³-hybridized carbons (Fsp3) is 0.500. The van der Waals surface area contributed by atoms with Gasteiger partial charge in [-0.15, -0.1) is 0 Å². The highest BCUT2D eigenvalue weighted by Crippen LogP contribution is 2.29. The van der Waals surface area contributed by atoms with Gasteiger partial charge < -0.3 is 20.6 Å². The number of oxazole rings is 1. The molecule has 1 aliphatic rings. The van der Waals surface area contributed by atoms with Crippen molar-refractivity contribution in [1.82, 2.24) is 4.98 Å². The minimum Gasteiger partial charge on any atom is -0.423 e. The maximum atomic E-state index is 10.4. The molecular formula is C14H19N3O2. The summed E-state index contributed by atoms with van der Waals surface area (Å²) in [5, 5.41) is 13.5. The van der Waals surface area contributed by atoms with Crippen LogP contribution in [0.15, 0.2) is 22.6 Å². The highest BCUT2D eigenvalue weighted by molar-refractivity contribution is 5.78. The lowest BCUT2D eigenvalue weighted by Crippen LogP contribution is -2.38. The fourth-order valence-electron chi connectivity index (χ4n) is 2.64. The van der Waals surface area contributed by atoms with Gasteiger partial charge in [-0.1, -0.05) is 19.3 Å². The summed E-state index contributed by atoms with van der Waals surface area (Å²) in [7, 11) is 0. The van der Waals surface area contributed by atoms with E-state index in [-0.39, 0.29) is 0 Å². The van der Waals surface area contributed by atoms with E-state index in [1.54, 1.807) is 12.1 Å². The van der Waals surface area contributed by atoms with Crippen LogP contribution in [0, 0.1) is 0 Å². The second-order valence-electron chi connectivity index (χ2n) is 5.38. The molecule has 1 saturated carbocycles. The molecule has 2 aromatic rings. The Hall–Kier alpha value is -1.75. The Balaban J connectivity index is 1.71. The number of fused-ring (bicyclic) bond motifs is 1. The number of rotatable bonds is 3. The van der Waals surface area contributed by atoms with Crippen LogP contribution in [0.2, 0.25) is 0 Å². The minimum absolute atomic E-state index is 0.444. The number of aliphatic hydroxyl groups is 1. The van der Waals surface area contributed by atoms with Gasteiger partial charge in [0.25, 0.3) is 6.01 Å². The van der Waals surface area contributed by atoms with E-state index >= 15 is 0 Å². The van der Waals surface area contributed by atoms with Gasteiger partial charge in [-0.3, -0.25) is 0 Å². The van der Waals surface area contributed by atoms with Crippen LogP contribution in [0.5, 0.6) is 0 Å². The molecule has 0 unspecified atom stereocenters. The summed E-state index contributed by atoms with van der Waals surface area (Å²) in [5.41, 5.74) is 7.16. The third kappa shape index (κ3) is 2.66. The van der Waals surface area contributed by atoms with E-state index < -0.39 is 5.60 Å². The summed E-state index contributed by atoms with van der Waals surface area (Å²) in [5.74, 6) is 0. The van der Waals surface area contributed by atoms with Crippen LogP contribution in [0.3, 0.4) is 0 Å². The number of aromatic nitrogens is 1. The zero-order chi connectivity index (χ0) is 13.3. The lowest BCUT2D eigenvalue weighted by Gasteiger charge is -2.31. The van der Waals surface area contributed by atoms with Gasteiger partial charge in [-0.2, -0.15) is 4.98 Å². The van der Waals surface area contributed by atoms with Gasteiger partial charge in [0.05, 0.1) is 5.60 Å². The maximum absolute atomic E-state index is 10.4. The van der Waals surface area contributed by atoms with Crippen molar-refractivity contribution in [3.63, 3.8) is 0 Å². The van der Waals surface area contributed by atoms with Crippen LogP contribution < -0.4 is 11.1 Å². The molecule has 4 N–H and O–H groups in total. The molecule has 3 rings (SSSR count). The van der Waals surface area contributed by atoms with Gasteiger partial charge in [0.2, 0.25) is 0 Å². The number of benzene rings is 1. The number of anilines is 2. The monoisotopic (exact) mass is 261 g/mol. The van der Waals surface area contributed by atoms with Crippen LogP contribution in [-0.2, 0) is 0 Å². The first-order chi connectivity index (χ1) is 9.15. The molecule has 1 fully saturated rings. The van der Waals surface area contributed by atoms with Gasteiger partial charge >= 0.3 is 0 Å². The first kappa shape index (κ1) is 12.3. The van der Waals surface area contributed by atoms with E-state index in [2.05, 4.69) is 10.3 Å². The number of nitrogens with two attached hydrogens (primary N) is 1. The molecule has 0 radical (unpaired) electrons. The normalized spacial score (nSPS) is 18.6. The highest BCUT2D eigenvalue weighted by Gasteiger charge is 2.29. The highest BCUT2D eigenvalue weighted by atomic mass is 16.4. The summed E-state index contributed by atoms with van der Waals surface area (Å²) >= 11 is 0. The number of nitrogen functional groups attached to an aromatic ring is 1. The lowest BCUT2D eigenvalue weighted by atomic mass is 9.85. The first-order valence-electron chi connectivity index (χ1n) is 6.77. The van der Waals surface area contributed by atoms with Gasteiger partial charge in [0, 0.05) is 18.3 Å². The number of hydrogen-bond donors (Lipinski definition) is 3. The van der Waals surface area contributed by atoms with Gasteiger partial charge in [-0.25, -0.2) is 0 Å². The Labute approximate surface area is 111 Å². The molecule has 5 nitrogen and oxygen atoms in total. The molecule has 19 heavy (non-hydrogen) atoms. The fourth-order valence-corrected chi connectivity index (χ4v) is 2.64. The molecular weight excluding hydrogens is 242 g/mol. The molecule has 1 aliphatic carbocycles. The molecule has 0 aliphatic heterocycles. The van der Waals surface area contributed by atoms with Crippen molar-refractivity contribution < 1.29 is 9.52 Å². The number of nitrogens with one attached hydrogen (secondary N) is 1. The van der Waals surface area contributed by atoms with Crippen molar-refractivity contribution in [3.05, 3.63) is 18.2 Å². The molecule has 1 aromatic carbocycles. The molecule has 5 heteroatoms. The van der Waals surface area contributed by atoms with Crippen molar-refractivity contribution in [1.29, 1.82) is 0 Å². The largest absolute Gasteiger partial charge is 0.423 e. The summed E-state index contributed by atoms with van der Waals surface area (Å²) in [6.07, 6.45) is 5.06. The molecule has 1 heterocycles.